The van der Waals surface area contributed by atoms with Crippen LogP contribution in [0.3, 0.4) is 0 Å². The number of hydrogen-bond donors (Lipinski definition) is 1. The van der Waals surface area contributed by atoms with Gasteiger partial charge >= 0.3 is 17.9 Å². The number of carbonyl (C=O) groups is 3. The van der Waals surface area contributed by atoms with Gasteiger partial charge in [0.2, 0.25) is 0 Å². The number of ether oxygens (including phenoxy) is 3. The number of hydrogen-bond acceptors (Lipinski definition) is 9. The van der Waals surface area contributed by atoms with Gasteiger partial charge in [0, 0.05) is 6.42 Å². The van der Waals surface area contributed by atoms with Crippen LogP contribution in [-0.4, -0.2) is 43.4 Å². The average molecular weight is 351 g/mol. The van der Waals surface area contributed by atoms with Crippen LogP contribution >= 0.6 is 0 Å². The molecule has 0 aliphatic carbocycles. The molecule has 0 amide bonds. The maximum atomic E-state index is 12.3. The standard InChI is InChI=1S/C16H21N3O6/c1-4-23-14(20)9-7-10(15(21)24-5-2)13(18)19-12(9)11(8-17)16(22)25-6-3/h9,11H,4-7,18H2,1-3H3/t9-,11+/m1/s1. The van der Waals surface area contributed by atoms with Crippen LogP contribution < -0.4 is 5.73 Å². The lowest BCUT2D eigenvalue weighted by Crippen LogP contribution is -2.39. The summed E-state index contributed by atoms with van der Waals surface area (Å²) in [4.78, 5) is 40.2. The first kappa shape index (κ1) is 20.2. The van der Waals surface area contributed by atoms with E-state index in [1.807, 2.05) is 0 Å². The zero-order valence-electron chi connectivity index (χ0n) is 14.4. The second-order valence-corrected chi connectivity index (χ2v) is 4.94. The average Bonchev–Trinajstić information content (AvgIpc) is 2.56. The highest BCUT2D eigenvalue weighted by Gasteiger charge is 2.41. The lowest BCUT2D eigenvalue weighted by atomic mass is 9.85. The van der Waals surface area contributed by atoms with Crippen molar-refractivity contribution < 1.29 is 28.6 Å². The maximum Gasteiger partial charge on any atom is 0.337 e. The minimum Gasteiger partial charge on any atom is -0.465 e. The van der Waals surface area contributed by atoms with Gasteiger partial charge in [-0.3, -0.25) is 9.59 Å². The molecule has 0 fully saturated rings. The maximum absolute atomic E-state index is 12.3. The number of nitriles is 1. The molecule has 2 N–H and O–H groups in total. The van der Waals surface area contributed by atoms with Gasteiger partial charge in [-0.25, -0.2) is 9.79 Å². The first-order valence-electron chi connectivity index (χ1n) is 7.88. The molecule has 9 heteroatoms. The van der Waals surface area contributed by atoms with Crippen molar-refractivity contribution in [1.29, 1.82) is 5.26 Å². The molecule has 1 heterocycles. The van der Waals surface area contributed by atoms with Crippen LogP contribution in [0.2, 0.25) is 0 Å². The summed E-state index contributed by atoms with van der Waals surface area (Å²) >= 11 is 0. The second kappa shape index (κ2) is 9.42. The third-order valence-corrected chi connectivity index (χ3v) is 3.36. The molecule has 0 saturated carbocycles. The number of aliphatic imine (C=N–C) groups is 1. The molecule has 1 rings (SSSR count). The first-order chi connectivity index (χ1) is 11.9. The topological polar surface area (TPSA) is 141 Å². The summed E-state index contributed by atoms with van der Waals surface area (Å²) in [6.45, 7) is 5.11. The van der Waals surface area contributed by atoms with Crippen LogP contribution in [0.4, 0.5) is 0 Å². The van der Waals surface area contributed by atoms with Crippen molar-refractivity contribution in [3.05, 3.63) is 11.4 Å². The van der Waals surface area contributed by atoms with E-state index in [0.717, 1.165) is 0 Å². The summed E-state index contributed by atoms with van der Waals surface area (Å²) in [6, 6.07) is 1.77. The fraction of sp³-hybridized carbons (Fsp3) is 0.562. The minimum absolute atomic E-state index is 0.00389. The highest BCUT2D eigenvalue weighted by atomic mass is 16.5. The molecule has 1 aliphatic rings. The van der Waals surface area contributed by atoms with Gasteiger partial charge in [-0.2, -0.15) is 5.26 Å². The molecule has 2 atom stereocenters. The van der Waals surface area contributed by atoms with Gasteiger partial charge < -0.3 is 19.9 Å². The van der Waals surface area contributed by atoms with E-state index in [9.17, 15) is 19.6 Å². The van der Waals surface area contributed by atoms with Crippen molar-refractivity contribution in [3.63, 3.8) is 0 Å². The van der Waals surface area contributed by atoms with Crippen molar-refractivity contribution in [3.8, 4) is 6.07 Å². The quantitative estimate of drug-likeness (QED) is 0.514. The van der Waals surface area contributed by atoms with E-state index >= 15 is 0 Å². The molecule has 0 aromatic carbocycles. The predicted octanol–water partition coefficient (Wildman–Crippen LogP) is 0.447. The zero-order valence-corrected chi connectivity index (χ0v) is 14.4. The van der Waals surface area contributed by atoms with Gasteiger partial charge in [-0.15, -0.1) is 0 Å². The van der Waals surface area contributed by atoms with Gasteiger partial charge in [0.1, 0.15) is 11.7 Å². The van der Waals surface area contributed by atoms with Crippen LogP contribution in [0.1, 0.15) is 27.2 Å². The molecule has 0 radical (unpaired) electrons. The van der Waals surface area contributed by atoms with Gasteiger partial charge in [0.05, 0.1) is 37.2 Å². The van der Waals surface area contributed by atoms with Crippen LogP contribution in [0.15, 0.2) is 16.4 Å². The molecular weight excluding hydrogens is 330 g/mol. The Morgan fingerprint density at radius 2 is 1.80 bits per heavy atom. The highest BCUT2D eigenvalue weighted by molar-refractivity contribution is 6.14. The Bertz CT molecular complexity index is 647. The Balaban J connectivity index is 3.33. The number of nitrogens with zero attached hydrogens (tertiary/aromatic N) is 2. The number of rotatable bonds is 7. The Labute approximate surface area is 145 Å². The van der Waals surface area contributed by atoms with Gasteiger partial charge in [-0.1, -0.05) is 0 Å². The molecule has 0 saturated heterocycles. The predicted molar refractivity (Wildman–Crippen MR) is 85.8 cm³/mol. The summed E-state index contributed by atoms with van der Waals surface area (Å²) in [5, 5.41) is 9.32. The summed E-state index contributed by atoms with van der Waals surface area (Å²) < 4.78 is 14.7. The Kier molecular flexibility index (Phi) is 7.59. The summed E-state index contributed by atoms with van der Waals surface area (Å²) in [5.41, 5.74) is 5.69. The van der Waals surface area contributed by atoms with Crippen LogP contribution in [-0.2, 0) is 28.6 Å². The van der Waals surface area contributed by atoms with Crippen LogP contribution in [0, 0.1) is 23.2 Å². The second-order valence-electron chi connectivity index (χ2n) is 4.94. The summed E-state index contributed by atoms with van der Waals surface area (Å²) in [7, 11) is 0. The monoisotopic (exact) mass is 351 g/mol. The molecule has 0 bridgehead atoms. The van der Waals surface area contributed by atoms with E-state index in [4.69, 9.17) is 19.9 Å². The van der Waals surface area contributed by atoms with E-state index in [-0.39, 0.29) is 43.3 Å². The van der Waals surface area contributed by atoms with E-state index in [0.29, 0.717) is 0 Å². The van der Waals surface area contributed by atoms with E-state index in [2.05, 4.69) is 4.99 Å². The largest absolute Gasteiger partial charge is 0.465 e. The fourth-order valence-electron chi connectivity index (χ4n) is 2.28. The number of nitrogens with two attached hydrogens (primary N) is 1. The van der Waals surface area contributed by atoms with Gasteiger partial charge in [0.25, 0.3) is 0 Å². The van der Waals surface area contributed by atoms with Crippen molar-refractivity contribution in [2.45, 2.75) is 27.2 Å². The molecule has 136 valence electrons. The molecule has 0 unspecified atom stereocenters. The normalized spacial score (nSPS) is 17.8. The SMILES string of the molecule is CCOC(=O)C1=C(N)N=C([C@H](C#N)C(=O)OCC)[C@H](C(=O)OCC)C1. The summed E-state index contributed by atoms with van der Waals surface area (Å²) in [6.07, 6.45) is -0.167. The number of carbonyl (C=O) groups excluding carboxylic acids is 3. The van der Waals surface area contributed by atoms with Crippen molar-refractivity contribution in [2.24, 2.45) is 22.6 Å². The Morgan fingerprint density at radius 1 is 1.20 bits per heavy atom. The van der Waals surface area contributed by atoms with E-state index < -0.39 is 29.7 Å². The number of esters is 3. The van der Waals surface area contributed by atoms with Gasteiger partial charge in [-0.05, 0) is 20.8 Å². The molecule has 0 aromatic heterocycles. The van der Waals surface area contributed by atoms with Crippen molar-refractivity contribution in [2.75, 3.05) is 19.8 Å². The lowest BCUT2D eigenvalue weighted by molar-refractivity contribution is -0.146. The highest BCUT2D eigenvalue weighted by Crippen LogP contribution is 2.28. The van der Waals surface area contributed by atoms with Gasteiger partial charge in [0.15, 0.2) is 5.92 Å². The molecule has 25 heavy (non-hydrogen) atoms. The van der Waals surface area contributed by atoms with E-state index in [1.165, 1.54) is 0 Å². The molecule has 0 aromatic rings. The Hall–Kier alpha value is -2.89. The Morgan fingerprint density at radius 3 is 2.32 bits per heavy atom. The molecule has 1 aliphatic heterocycles. The fourth-order valence-corrected chi connectivity index (χ4v) is 2.28. The first-order valence-corrected chi connectivity index (χ1v) is 7.88. The van der Waals surface area contributed by atoms with Crippen LogP contribution in [0.25, 0.3) is 0 Å². The summed E-state index contributed by atoms with van der Waals surface area (Å²) in [5.74, 6) is -4.97. The lowest BCUT2D eigenvalue weighted by Gasteiger charge is -2.25. The molecule has 9 nitrogen and oxygen atoms in total. The smallest absolute Gasteiger partial charge is 0.337 e. The molecular formula is C16H21N3O6. The minimum atomic E-state index is -1.42. The molecule has 0 spiro atoms. The van der Waals surface area contributed by atoms with Crippen molar-refractivity contribution >= 4 is 23.6 Å². The van der Waals surface area contributed by atoms with E-state index in [1.54, 1.807) is 26.8 Å². The van der Waals surface area contributed by atoms with Crippen LogP contribution in [0.5, 0.6) is 0 Å². The third-order valence-electron chi connectivity index (χ3n) is 3.36. The van der Waals surface area contributed by atoms with Crippen molar-refractivity contribution in [1.82, 2.24) is 0 Å². The zero-order chi connectivity index (χ0) is 19.0. The third kappa shape index (κ3) is 4.79.